The molecule has 0 unspecified atom stereocenters. The van der Waals surface area contributed by atoms with Gasteiger partial charge in [-0.1, -0.05) is 0 Å². The summed E-state index contributed by atoms with van der Waals surface area (Å²) in [6, 6.07) is 2.68. The second-order valence-electron chi connectivity index (χ2n) is 5.49. The summed E-state index contributed by atoms with van der Waals surface area (Å²) in [4.78, 5) is 17.2. The molecule has 1 fully saturated rings. The first kappa shape index (κ1) is 14.2. The molecule has 1 aliphatic heterocycles. The maximum Gasteiger partial charge on any atom is 0.229 e. The first-order chi connectivity index (χ1) is 10.1. The van der Waals surface area contributed by atoms with Crippen molar-refractivity contribution in [2.24, 2.45) is 0 Å². The van der Waals surface area contributed by atoms with Gasteiger partial charge in [0.15, 0.2) is 0 Å². The maximum atomic E-state index is 5.79. The Morgan fingerprint density at radius 3 is 2.95 bits per heavy atom. The molecule has 1 atom stereocenters. The van der Waals surface area contributed by atoms with Crippen LogP contribution in [0.25, 0.3) is 0 Å². The van der Waals surface area contributed by atoms with Crippen LogP contribution >= 0.6 is 11.3 Å². The van der Waals surface area contributed by atoms with Gasteiger partial charge in [-0.25, -0.2) is 0 Å². The molecule has 0 aliphatic carbocycles. The molecule has 0 radical (unpaired) electrons. The summed E-state index contributed by atoms with van der Waals surface area (Å²) in [5, 5.41) is 4.37. The van der Waals surface area contributed by atoms with Crippen LogP contribution in [0.3, 0.4) is 0 Å². The van der Waals surface area contributed by atoms with Gasteiger partial charge in [-0.3, -0.25) is 4.90 Å². The SMILES string of the molecule is CN(C)c1nc(N)nc(CN2CCC[C@@H]2c2ccsc2)n1. The fraction of sp³-hybridized carbons (Fsp3) is 0.500. The predicted molar refractivity (Wildman–Crippen MR) is 85.3 cm³/mol. The van der Waals surface area contributed by atoms with E-state index in [-0.39, 0.29) is 5.95 Å². The van der Waals surface area contributed by atoms with E-state index in [4.69, 9.17) is 5.73 Å². The lowest BCUT2D eigenvalue weighted by molar-refractivity contribution is 0.242. The van der Waals surface area contributed by atoms with Crippen molar-refractivity contribution in [2.45, 2.75) is 25.4 Å². The average molecular weight is 304 g/mol. The van der Waals surface area contributed by atoms with Gasteiger partial charge in [-0.2, -0.15) is 26.3 Å². The Labute approximate surface area is 128 Å². The number of aromatic nitrogens is 3. The minimum Gasteiger partial charge on any atom is -0.368 e. The molecule has 0 spiro atoms. The Kier molecular flexibility index (Phi) is 4.03. The summed E-state index contributed by atoms with van der Waals surface area (Å²) in [5.41, 5.74) is 7.19. The maximum absolute atomic E-state index is 5.79. The van der Waals surface area contributed by atoms with E-state index in [1.165, 1.54) is 18.4 Å². The summed E-state index contributed by atoms with van der Waals surface area (Å²) in [5.74, 6) is 1.65. The van der Waals surface area contributed by atoms with Crippen molar-refractivity contribution in [1.29, 1.82) is 0 Å². The number of nitrogens with zero attached hydrogens (tertiary/aromatic N) is 5. The molecular weight excluding hydrogens is 284 g/mol. The molecule has 0 amide bonds. The number of rotatable bonds is 4. The van der Waals surface area contributed by atoms with Crippen molar-refractivity contribution in [3.05, 3.63) is 28.2 Å². The molecule has 112 valence electrons. The molecular formula is C14H20N6S. The number of hydrogen-bond acceptors (Lipinski definition) is 7. The molecule has 3 rings (SSSR count). The molecule has 21 heavy (non-hydrogen) atoms. The molecule has 0 bridgehead atoms. The van der Waals surface area contributed by atoms with E-state index in [2.05, 4.69) is 36.7 Å². The molecule has 2 aromatic rings. The first-order valence-electron chi connectivity index (χ1n) is 7.07. The van der Waals surface area contributed by atoms with Crippen LogP contribution in [-0.4, -0.2) is 40.5 Å². The van der Waals surface area contributed by atoms with Gasteiger partial charge in [0, 0.05) is 20.1 Å². The van der Waals surface area contributed by atoms with Crippen LogP contribution < -0.4 is 10.6 Å². The van der Waals surface area contributed by atoms with Crippen LogP contribution in [0.4, 0.5) is 11.9 Å². The van der Waals surface area contributed by atoms with E-state index in [9.17, 15) is 0 Å². The monoisotopic (exact) mass is 304 g/mol. The smallest absolute Gasteiger partial charge is 0.229 e. The molecule has 2 aromatic heterocycles. The molecule has 1 saturated heterocycles. The molecule has 2 N–H and O–H groups in total. The average Bonchev–Trinajstić information content (AvgIpc) is 3.08. The standard InChI is InChI=1S/C14H20N6S/c1-19(2)14-17-12(16-13(15)18-14)8-20-6-3-4-11(20)10-5-7-21-9-10/h5,7,9,11H,3-4,6,8H2,1-2H3,(H2,15,16,17,18)/t11-/m1/s1. The summed E-state index contributed by atoms with van der Waals surface area (Å²) in [7, 11) is 3.81. The van der Waals surface area contributed by atoms with Crippen molar-refractivity contribution in [2.75, 3.05) is 31.3 Å². The zero-order valence-electron chi connectivity index (χ0n) is 12.4. The Hall–Kier alpha value is -1.73. The lowest BCUT2D eigenvalue weighted by atomic mass is 10.1. The Morgan fingerprint density at radius 2 is 2.24 bits per heavy atom. The van der Waals surface area contributed by atoms with Gasteiger partial charge in [0.05, 0.1) is 6.54 Å². The summed E-state index contributed by atoms with van der Waals surface area (Å²) >= 11 is 1.75. The second-order valence-corrected chi connectivity index (χ2v) is 6.27. The summed E-state index contributed by atoms with van der Waals surface area (Å²) in [6.45, 7) is 1.79. The lowest BCUT2D eigenvalue weighted by Gasteiger charge is -2.23. The molecule has 7 heteroatoms. The van der Waals surface area contributed by atoms with Gasteiger partial charge in [0.1, 0.15) is 5.82 Å². The van der Waals surface area contributed by atoms with Gasteiger partial charge in [-0.15, -0.1) is 0 Å². The fourth-order valence-electron chi connectivity index (χ4n) is 2.73. The highest BCUT2D eigenvalue weighted by molar-refractivity contribution is 7.07. The van der Waals surface area contributed by atoms with Gasteiger partial charge in [-0.05, 0) is 41.8 Å². The molecule has 3 heterocycles. The van der Waals surface area contributed by atoms with Gasteiger partial charge in [0.25, 0.3) is 0 Å². The van der Waals surface area contributed by atoms with Crippen LogP contribution in [0.15, 0.2) is 16.8 Å². The van der Waals surface area contributed by atoms with Crippen molar-refractivity contribution in [3.8, 4) is 0 Å². The van der Waals surface area contributed by atoms with E-state index in [0.29, 0.717) is 18.5 Å². The van der Waals surface area contributed by atoms with Gasteiger partial charge in [0.2, 0.25) is 11.9 Å². The molecule has 0 saturated carbocycles. The van der Waals surface area contributed by atoms with Crippen LogP contribution in [0.5, 0.6) is 0 Å². The number of hydrogen-bond donors (Lipinski definition) is 1. The van der Waals surface area contributed by atoms with E-state index >= 15 is 0 Å². The Balaban J connectivity index is 1.79. The lowest BCUT2D eigenvalue weighted by Crippen LogP contribution is -2.25. The number of nitrogens with two attached hydrogens (primary N) is 1. The highest BCUT2D eigenvalue weighted by Crippen LogP contribution is 2.33. The van der Waals surface area contributed by atoms with Crippen molar-refractivity contribution >= 4 is 23.2 Å². The third-order valence-corrected chi connectivity index (χ3v) is 4.42. The van der Waals surface area contributed by atoms with Crippen LogP contribution in [-0.2, 0) is 6.54 Å². The van der Waals surface area contributed by atoms with E-state index in [0.717, 1.165) is 12.4 Å². The highest BCUT2D eigenvalue weighted by Gasteiger charge is 2.27. The molecule has 0 aromatic carbocycles. The van der Waals surface area contributed by atoms with Crippen molar-refractivity contribution in [1.82, 2.24) is 19.9 Å². The minimum absolute atomic E-state index is 0.287. The van der Waals surface area contributed by atoms with Gasteiger partial charge < -0.3 is 10.6 Å². The van der Waals surface area contributed by atoms with Gasteiger partial charge >= 0.3 is 0 Å². The minimum atomic E-state index is 0.287. The molecule has 6 nitrogen and oxygen atoms in total. The number of anilines is 2. The van der Waals surface area contributed by atoms with E-state index in [1.54, 1.807) is 11.3 Å². The second kappa shape index (κ2) is 5.95. The third kappa shape index (κ3) is 3.14. The largest absolute Gasteiger partial charge is 0.368 e. The zero-order valence-corrected chi connectivity index (χ0v) is 13.2. The zero-order chi connectivity index (χ0) is 14.8. The number of nitrogen functional groups attached to an aromatic ring is 1. The predicted octanol–water partition coefficient (Wildman–Crippen LogP) is 1.92. The topological polar surface area (TPSA) is 71.2 Å². The van der Waals surface area contributed by atoms with Crippen molar-refractivity contribution < 1.29 is 0 Å². The number of likely N-dealkylation sites (tertiary alicyclic amines) is 1. The first-order valence-corrected chi connectivity index (χ1v) is 8.01. The Bertz CT molecular complexity index is 598. The van der Waals surface area contributed by atoms with E-state index in [1.807, 2.05) is 19.0 Å². The summed E-state index contributed by atoms with van der Waals surface area (Å²) in [6.07, 6.45) is 2.40. The van der Waals surface area contributed by atoms with Crippen LogP contribution in [0, 0.1) is 0 Å². The summed E-state index contributed by atoms with van der Waals surface area (Å²) < 4.78 is 0. The quantitative estimate of drug-likeness (QED) is 0.930. The fourth-order valence-corrected chi connectivity index (χ4v) is 3.44. The third-order valence-electron chi connectivity index (χ3n) is 3.72. The highest BCUT2D eigenvalue weighted by atomic mass is 32.1. The normalized spacial score (nSPS) is 19.0. The number of thiophene rings is 1. The van der Waals surface area contributed by atoms with E-state index < -0.39 is 0 Å². The van der Waals surface area contributed by atoms with Crippen LogP contribution in [0.1, 0.15) is 30.3 Å². The van der Waals surface area contributed by atoms with Crippen LogP contribution in [0.2, 0.25) is 0 Å². The van der Waals surface area contributed by atoms with Crippen molar-refractivity contribution in [3.63, 3.8) is 0 Å². The Morgan fingerprint density at radius 1 is 1.38 bits per heavy atom. The molecule has 1 aliphatic rings.